The number of rotatable bonds is 7. The van der Waals surface area contributed by atoms with Crippen LogP contribution in [0.3, 0.4) is 0 Å². The largest absolute Gasteiger partial charge is 0.491 e. The first-order chi connectivity index (χ1) is 13.6. The molecule has 1 aromatic rings. The molecule has 2 saturated heterocycles. The SMILES string of the molecule is O=C(CC1(COc2ccc(Cl)cc2)CN(CC2CC2)CCO1)N1CCCCC1. The third kappa shape index (κ3) is 5.40. The summed E-state index contributed by atoms with van der Waals surface area (Å²) in [6.45, 7) is 5.61. The first kappa shape index (κ1) is 20.0. The number of carbonyl (C=O) groups excluding carboxylic acids is 1. The fourth-order valence-electron chi connectivity index (χ4n) is 4.27. The fraction of sp³-hybridized carbons (Fsp3) is 0.682. The fourth-order valence-corrected chi connectivity index (χ4v) is 4.39. The van der Waals surface area contributed by atoms with Crippen LogP contribution in [0.5, 0.6) is 5.75 Å². The van der Waals surface area contributed by atoms with E-state index in [1.807, 2.05) is 29.2 Å². The zero-order chi connectivity index (χ0) is 19.4. The summed E-state index contributed by atoms with van der Waals surface area (Å²) >= 11 is 5.98. The van der Waals surface area contributed by atoms with Gasteiger partial charge < -0.3 is 14.4 Å². The minimum Gasteiger partial charge on any atom is -0.491 e. The Balaban J connectivity index is 1.44. The summed E-state index contributed by atoms with van der Waals surface area (Å²) in [4.78, 5) is 17.5. The zero-order valence-electron chi connectivity index (χ0n) is 16.6. The number of benzene rings is 1. The molecular formula is C22H31ClN2O3. The number of hydrogen-bond donors (Lipinski definition) is 0. The molecule has 0 N–H and O–H groups in total. The van der Waals surface area contributed by atoms with Gasteiger partial charge in [-0.2, -0.15) is 0 Å². The molecule has 1 unspecified atom stereocenters. The molecule has 3 fully saturated rings. The lowest BCUT2D eigenvalue weighted by Crippen LogP contribution is -2.57. The minimum atomic E-state index is -0.582. The van der Waals surface area contributed by atoms with Crippen LogP contribution >= 0.6 is 11.6 Å². The van der Waals surface area contributed by atoms with E-state index in [0.29, 0.717) is 24.7 Å². The molecule has 0 spiro atoms. The molecule has 6 heteroatoms. The van der Waals surface area contributed by atoms with Gasteiger partial charge in [0.2, 0.25) is 5.91 Å². The van der Waals surface area contributed by atoms with Gasteiger partial charge in [-0.3, -0.25) is 9.69 Å². The van der Waals surface area contributed by atoms with E-state index in [4.69, 9.17) is 21.1 Å². The van der Waals surface area contributed by atoms with Gasteiger partial charge in [0.15, 0.2) is 0 Å². The summed E-state index contributed by atoms with van der Waals surface area (Å²) in [5.74, 6) is 1.79. The van der Waals surface area contributed by atoms with Gasteiger partial charge in [0.05, 0.1) is 13.0 Å². The Morgan fingerprint density at radius 3 is 2.61 bits per heavy atom. The molecule has 4 rings (SSSR count). The third-order valence-electron chi connectivity index (χ3n) is 6.04. The van der Waals surface area contributed by atoms with Crippen LogP contribution in [0.4, 0.5) is 0 Å². The Labute approximate surface area is 172 Å². The van der Waals surface area contributed by atoms with Crippen LogP contribution in [0.15, 0.2) is 24.3 Å². The number of morpholine rings is 1. The molecule has 1 saturated carbocycles. The highest BCUT2D eigenvalue weighted by Crippen LogP contribution is 2.32. The second kappa shape index (κ2) is 9.02. The molecule has 1 amide bonds. The van der Waals surface area contributed by atoms with E-state index < -0.39 is 5.60 Å². The van der Waals surface area contributed by atoms with Crippen LogP contribution in [0.25, 0.3) is 0 Å². The highest BCUT2D eigenvalue weighted by molar-refractivity contribution is 6.30. The van der Waals surface area contributed by atoms with Gasteiger partial charge in [-0.15, -0.1) is 0 Å². The van der Waals surface area contributed by atoms with Crippen LogP contribution < -0.4 is 4.74 Å². The minimum absolute atomic E-state index is 0.202. The molecule has 1 aromatic carbocycles. The van der Waals surface area contributed by atoms with Crippen LogP contribution in [0.2, 0.25) is 5.02 Å². The topological polar surface area (TPSA) is 42.0 Å². The number of nitrogens with zero attached hydrogens (tertiary/aromatic N) is 2. The smallest absolute Gasteiger partial charge is 0.225 e. The van der Waals surface area contributed by atoms with E-state index in [9.17, 15) is 4.79 Å². The average Bonchev–Trinajstić information content (AvgIpc) is 3.52. The van der Waals surface area contributed by atoms with E-state index in [2.05, 4.69) is 4.90 Å². The summed E-state index contributed by atoms with van der Waals surface area (Å²) in [6, 6.07) is 7.38. The van der Waals surface area contributed by atoms with Crippen LogP contribution in [0.1, 0.15) is 38.5 Å². The molecule has 0 radical (unpaired) electrons. The summed E-state index contributed by atoms with van der Waals surface area (Å²) in [6.07, 6.45) is 6.49. The Bertz CT molecular complexity index is 658. The number of carbonyl (C=O) groups is 1. The molecule has 2 heterocycles. The van der Waals surface area contributed by atoms with E-state index in [1.165, 1.54) is 19.3 Å². The Morgan fingerprint density at radius 2 is 1.89 bits per heavy atom. The van der Waals surface area contributed by atoms with Gasteiger partial charge in [-0.25, -0.2) is 0 Å². The first-order valence-corrected chi connectivity index (χ1v) is 11.0. The quantitative estimate of drug-likeness (QED) is 0.693. The van der Waals surface area contributed by atoms with E-state index >= 15 is 0 Å². The van der Waals surface area contributed by atoms with Crippen LogP contribution in [0, 0.1) is 5.92 Å². The van der Waals surface area contributed by atoms with Gasteiger partial charge in [-0.05, 0) is 62.3 Å². The van der Waals surface area contributed by atoms with E-state index in [0.717, 1.165) is 57.2 Å². The molecule has 1 aliphatic carbocycles. The molecule has 28 heavy (non-hydrogen) atoms. The number of piperidine rings is 1. The predicted octanol–water partition coefficient (Wildman–Crippen LogP) is 3.60. The molecule has 0 bridgehead atoms. The maximum absolute atomic E-state index is 13.0. The molecule has 5 nitrogen and oxygen atoms in total. The molecule has 1 atom stereocenters. The third-order valence-corrected chi connectivity index (χ3v) is 6.29. The number of amides is 1. The van der Waals surface area contributed by atoms with Gasteiger partial charge in [0, 0.05) is 37.7 Å². The maximum atomic E-state index is 13.0. The van der Waals surface area contributed by atoms with Crippen molar-refractivity contribution >= 4 is 17.5 Å². The summed E-state index contributed by atoms with van der Waals surface area (Å²) in [7, 11) is 0. The van der Waals surface area contributed by atoms with Crippen molar-refractivity contribution < 1.29 is 14.3 Å². The van der Waals surface area contributed by atoms with E-state index in [1.54, 1.807) is 0 Å². The first-order valence-electron chi connectivity index (χ1n) is 10.6. The van der Waals surface area contributed by atoms with Gasteiger partial charge >= 0.3 is 0 Å². The number of hydrogen-bond acceptors (Lipinski definition) is 4. The molecule has 3 aliphatic rings. The molecular weight excluding hydrogens is 376 g/mol. The highest BCUT2D eigenvalue weighted by Gasteiger charge is 2.42. The number of halogens is 1. The standard InChI is InChI=1S/C22H31ClN2O3/c23-19-6-8-20(9-7-19)27-17-22(14-21(26)25-10-2-1-3-11-25)16-24(12-13-28-22)15-18-4-5-18/h6-9,18H,1-5,10-17H2. The van der Waals surface area contributed by atoms with Crippen molar-refractivity contribution in [2.45, 2.75) is 44.1 Å². The summed E-state index contributed by atoms with van der Waals surface area (Å²) < 4.78 is 12.3. The van der Waals surface area contributed by atoms with Crippen molar-refractivity contribution in [2.24, 2.45) is 5.92 Å². The number of ether oxygens (including phenoxy) is 2. The van der Waals surface area contributed by atoms with Crippen molar-refractivity contribution in [3.8, 4) is 5.75 Å². The Hall–Kier alpha value is -1.30. The molecule has 2 aliphatic heterocycles. The lowest BCUT2D eigenvalue weighted by Gasteiger charge is -2.43. The van der Waals surface area contributed by atoms with E-state index in [-0.39, 0.29) is 5.91 Å². The van der Waals surface area contributed by atoms with Crippen molar-refractivity contribution in [3.63, 3.8) is 0 Å². The van der Waals surface area contributed by atoms with Gasteiger partial charge in [0.1, 0.15) is 18.0 Å². The van der Waals surface area contributed by atoms with Crippen molar-refractivity contribution in [1.29, 1.82) is 0 Å². The Kier molecular flexibility index (Phi) is 6.44. The molecule has 0 aromatic heterocycles. The molecule has 154 valence electrons. The highest BCUT2D eigenvalue weighted by atomic mass is 35.5. The second-order valence-electron chi connectivity index (χ2n) is 8.57. The zero-order valence-corrected chi connectivity index (χ0v) is 17.3. The summed E-state index contributed by atoms with van der Waals surface area (Å²) in [5.41, 5.74) is -0.582. The summed E-state index contributed by atoms with van der Waals surface area (Å²) in [5, 5.41) is 0.687. The van der Waals surface area contributed by atoms with Crippen molar-refractivity contribution in [3.05, 3.63) is 29.3 Å². The van der Waals surface area contributed by atoms with Gasteiger partial charge in [0.25, 0.3) is 0 Å². The number of likely N-dealkylation sites (tertiary alicyclic amines) is 1. The van der Waals surface area contributed by atoms with Crippen molar-refractivity contribution in [1.82, 2.24) is 9.80 Å². The lowest BCUT2D eigenvalue weighted by atomic mass is 9.96. The lowest BCUT2D eigenvalue weighted by molar-refractivity contribution is -0.157. The van der Waals surface area contributed by atoms with Crippen molar-refractivity contribution in [2.75, 3.05) is 45.9 Å². The monoisotopic (exact) mass is 406 g/mol. The Morgan fingerprint density at radius 1 is 1.14 bits per heavy atom. The average molecular weight is 407 g/mol. The normalized spacial score (nSPS) is 26.2. The van der Waals surface area contributed by atoms with Gasteiger partial charge in [-0.1, -0.05) is 11.6 Å². The second-order valence-corrected chi connectivity index (χ2v) is 9.01. The van der Waals surface area contributed by atoms with Crippen LogP contribution in [-0.4, -0.2) is 67.2 Å². The van der Waals surface area contributed by atoms with Crippen LogP contribution in [-0.2, 0) is 9.53 Å². The predicted molar refractivity (Wildman–Crippen MR) is 110 cm³/mol. The maximum Gasteiger partial charge on any atom is 0.225 e.